The van der Waals surface area contributed by atoms with E-state index in [9.17, 15) is 21.6 Å². The first-order valence-corrected chi connectivity index (χ1v) is 6.63. The van der Waals surface area contributed by atoms with Gasteiger partial charge < -0.3 is 0 Å². The lowest BCUT2D eigenvalue weighted by atomic mass is 10.1. The lowest BCUT2D eigenvalue weighted by Crippen LogP contribution is -2.28. The van der Waals surface area contributed by atoms with Crippen LogP contribution in [0.2, 0.25) is 0 Å². The molecule has 0 radical (unpaired) electrons. The predicted molar refractivity (Wildman–Crippen MR) is 64.8 cm³/mol. The van der Waals surface area contributed by atoms with Crippen molar-refractivity contribution in [3.63, 3.8) is 0 Å². The number of hydrogen-bond acceptors (Lipinski definition) is 2. The van der Waals surface area contributed by atoms with Crippen molar-refractivity contribution in [3.05, 3.63) is 29.3 Å². The minimum atomic E-state index is -4.60. The SMILES string of the molecule is C#CCN(C)S(=O)(=O)c1cccc(C(F)(F)F)c1C. The Hall–Kier alpha value is -1.52. The summed E-state index contributed by atoms with van der Waals surface area (Å²) in [4.78, 5) is -0.389. The summed E-state index contributed by atoms with van der Waals surface area (Å²) in [5.41, 5.74) is -1.30. The molecule has 19 heavy (non-hydrogen) atoms. The second kappa shape index (κ2) is 5.23. The van der Waals surface area contributed by atoms with Gasteiger partial charge in [0.15, 0.2) is 0 Å². The molecule has 0 heterocycles. The average molecular weight is 291 g/mol. The predicted octanol–water partition coefficient (Wildman–Crippen LogP) is 2.27. The molecule has 0 aliphatic heterocycles. The third-order valence-corrected chi connectivity index (χ3v) is 4.54. The molecule has 0 aromatic heterocycles. The molecule has 0 spiro atoms. The molecule has 1 aromatic rings. The molecular weight excluding hydrogens is 279 g/mol. The van der Waals surface area contributed by atoms with Crippen LogP contribution < -0.4 is 0 Å². The highest BCUT2D eigenvalue weighted by Crippen LogP contribution is 2.34. The lowest BCUT2D eigenvalue weighted by Gasteiger charge is -2.18. The van der Waals surface area contributed by atoms with Crippen LogP contribution in [0.3, 0.4) is 0 Å². The van der Waals surface area contributed by atoms with Gasteiger partial charge in [0.1, 0.15) is 0 Å². The highest BCUT2D eigenvalue weighted by molar-refractivity contribution is 7.89. The number of hydrogen-bond donors (Lipinski definition) is 0. The maximum Gasteiger partial charge on any atom is 0.416 e. The van der Waals surface area contributed by atoms with Gasteiger partial charge in [0, 0.05) is 7.05 Å². The Balaban J connectivity index is 3.43. The average Bonchev–Trinajstić information content (AvgIpc) is 2.27. The smallest absolute Gasteiger partial charge is 0.207 e. The van der Waals surface area contributed by atoms with E-state index in [0.717, 1.165) is 29.4 Å². The zero-order valence-electron chi connectivity index (χ0n) is 10.3. The molecule has 0 aliphatic carbocycles. The number of nitrogens with zero attached hydrogens (tertiary/aromatic N) is 1. The van der Waals surface area contributed by atoms with Gasteiger partial charge in [0.25, 0.3) is 0 Å². The summed E-state index contributed by atoms with van der Waals surface area (Å²) in [6.45, 7) is 0.914. The summed E-state index contributed by atoms with van der Waals surface area (Å²) < 4.78 is 63.2. The highest BCUT2D eigenvalue weighted by Gasteiger charge is 2.35. The monoisotopic (exact) mass is 291 g/mol. The molecule has 0 fully saturated rings. The fourth-order valence-corrected chi connectivity index (χ4v) is 2.91. The van der Waals surface area contributed by atoms with Gasteiger partial charge in [-0.3, -0.25) is 0 Å². The Morgan fingerprint density at radius 1 is 1.37 bits per heavy atom. The standard InChI is InChI=1S/C12H12F3NO2S/c1-4-8-16(3)19(17,18)11-7-5-6-10(9(11)2)12(13,14)15/h1,5-7H,8H2,2-3H3. The van der Waals surface area contributed by atoms with Crippen molar-refractivity contribution in [2.75, 3.05) is 13.6 Å². The van der Waals surface area contributed by atoms with Crippen LogP contribution in [0.5, 0.6) is 0 Å². The van der Waals surface area contributed by atoms with Gasteiger partial charge in [0.05, 0.1) is 17.0 Å². The number of rotatable bonds is 3. The van der Waals surface area contributed by atoms with E-state index in [1.807, 2.05) is 0 Å². The first-order valence-electron chi connectivity index (χ1n) is 5.19. The van der Waals surface area contributed by atoms with Crippen LogP contribution in [0.15, 0.2) is 23.1 Å². The first-order chi connectivity index (χ1) is 8.62. The van der Waals surface area contributed by atoms with Gasteiger partial charge in [-0.25, -0.2) is 8.42 Å². The largest absolute Gasteiger partial charge is 0.416 e. The summed E-state index contributed by atoms with van der Waals surface area (Å²) in [7, 11) is -2.81. The maximum absolute atomic E-state index is 12.7. The maximum atomic E-state index is 12.7. The molecule has 3 nitrogen and oxygen atoms in total. The van der Waals surface area contributed by atoms with Crippen LogP contribution in [-0.4, -0.2) is 26.3 Å². The summed E-state index contributed by atoms with van der Waals surface area (Å²) in [6, 6.07) is 3.04. The van der Waals surface area contributed by atoms with Crippen LogP contribution in [0.25, 0.3) is 0 Å². The molecule has 0 N–H and O–H groups in total. The molecule has 0 unspecified atom stereocenters. The van der Waals surface area contributed by atoms with E-state index in [2.05, 4.69) is 5.92 Å². The summed E-state index contributed by atoms with van der Waals surface area (Å²) in [5.74, 6) is 2.13. The molecule has 0 saturated heterocycles. The molecule has 0 bridgehead atoms. The third-order valence-electron chi connectivity index (χ3n) is 2.59. The van der Waals surface area contributed by atoms with Crippen molar-refractivity contribution in [3.8, 4) is 12.3 Å². The van der Waals surface area contributed by atoms with E-state index in [0.29, 0.717) is 0 Å². The third kappa shape index (κ3) is 3.08. The minimum absolute atomic E-state index is 0.210. The Kier molecular flexibility index (Phi) is 4.28. The molecule has 0 saturated carbocycles. The molecular formula is C12H12F3NO2S. The van der Waals surface area contributed by atoms with Crippen molar-refractivity contribution in [2.24, 2.45) is 0 Å². The molecule has 0 aliphatic rings. The zero-order valence-corrected chi connectivity index (χ0v) is 11.1. The second-order valence-corrected chi connectivity index (χ2v) is 5.90. The number of terminal acetylenes is 1. The van der Waals surface area contributed by atoms with Gasteiger partial charge >= 0.3 is 6.18 Å². The van der Waals surface area contributed by atoms with Crippen LogP contribution in [0.1, 0.15) is 11.1 Å². The Morgan fingerprint density at radius 2 is 1.95 bits per heavy atom. The summed E-state index contributed by atoms with van der Waals surface area (Å²) in [6.07, 6.45) is 0.408. The van der Waals surface area contributed by atoms with Crippen LogP contribution in [0, 0.1) is 19.3 Å². The summed E-state index contributed by atoms with van der Waals surface area (Å²) >= 11 is 0. The fraction of sp³-hybridized carbons (Fsp3) is 0.333. The number of halogens is 3. The van der Waals surface area contributed by atoms with Gasteiger partial charge in [-0.05, 0) is 24.6 Å². The van der Waals surface area contributed by atoms with E-state index < -0.39 is 21.8 Å². The van der Waals surface area contributed by atoms with Crippen molar-refractivity contribution in [1.29, 1.82) is 0 Å². The Bertz CT molecular complexity index is 615. The van der Waals surface area contributed by atoms with Gasteiger partial charge in [-0.2, -0.15) is 17.5 Å². The van der Waals surface area contributed by atoms with Crippen LogP contribution in [0.4, 0.5) is 13.2 Å². The van der Waals surface area contributed by atoms with Crippen molar-refractivity contribution in [2.45, 2.75) is 18.0 Å². The normalized spacial score (nSPS) is 12.5. The zero-order chi connectivity index (χ0) is 14.8. The number of benzene rings is 1. The molecule has 7 heteroatoms. The summed E-state index contributed by atoms with van der Waals surface area (Å²) in [5, 5.41) is 0. The quantitative estimate of drug-likeness (QED) is 0.801. The lowest BCUT2D eigenvalue weighted by molar-refractivity contribution is -0.138. The fourth-order valence-electron chi connectivity index (χ4n) is 1.58. The number of alkyl halides is 3. The first kappa shape index (κ1) is 15.5. The second-order valence-electron chi connectivity index (χ2n) is 3.89. The molecule has 104 valence electrons. The molecule has 1 rings (SSSR count). The number of sulfonamides is 1. The van der Waals surface area contributed by atoms with Crippen molar-refractivity contribution < 1.29 is 21.6 Å². The topological polar surface area (TPSA) is 37.4 Å². The Labute approximate surface area is 110 Å². The van der Waals surface area contributed by atoms with E-state index in [1.54, 1.807) is 0 Å². The van der Waals surface area contributed by atoms with E-state index in [4.69, 9.17) is 6.42 Å². The van der Waals surface area contributed by atoms with E-state index in [1.165, 1.54) is 7.05 Å². The highest BCUT2D eigenvalue weighted by atomic mass is 32.2. The molecule has 1 aromatic carbocycles. The van der Waals surface area contributed by atoms with E-state index in [-0.39, 0.29) is 17.0 Å². The van der Waals surface area contributed by atoms with Crippen LogP contribution in [-0.2, 0) is 16.2 Å². The van der Waals surface area contributed by atoms with Crippen LogP contribution >= 0.6 is 0 Å². The minimum Gasteiger partial charge on any atom is -0.207 e. The van der Waals surface area contributed by atoms with Crippen molar-refractivity contribution >= 4 is 10.0 Å². The molecule has 0 atom stereocenters. The van der Waals surface area contributed by atoms with Gasteiger partial charge in [-0.15, -0.1) is 6.42 Å². The van der Waals surface area contributed by atoms with Crippen molar-refractivity contribution in [1.82, 2.24) is 4.31 Å². The Morgan fingerprint density at radius 3 is 2.42 bits per heavy atom. The van der Waals surface area contributed by atoms with Gasteiger partial charge in [-0.1, -0.05) is 12.0 Å². The van der Waals surface area contributed by atoms with Gasteiger partial charge in [0.2, 0.25) is 10.0 Å². The molecule has 0 amide bonds. The van der Waals surface area contributed by atoms with E-state index >= 15 is 0 Å².